The summed E-state index contributed by atoms with van der Waals surface area (Å²) < 4.78 is 11.2. The molecule has 2 heterocycles. The zero-order valence-corrected chi connectivity index (χ0v) is 18.4. The highest BCUT2D eigenvalue weighted by Gasteiger charge is 2.24. The van der Waals surface area contributed by atoms with Crippen LogP contribution in [-0.2, 0) is 11.3 Å². The minimum atomic E-state index is 0. The number of hydrogen-bond donors (Lipinski definition) is 1. The fourth-order valence-corrected chi connectivity index (χ4v) is 3.12. The average molecular weight is 484 g/mol. The standard InChI is InChI=1S/C20H28N4O2.HI/c1-3-21-20(24-11-10-16(13-24)14-25-4-2)22-12-18-15-26-19(23-18)17-8-6-5-7-9-17;/h5-9,15-16H,3-4,10-14H2,1-2H3,(H,21,22);1H. The molecule has 7 heteroatoms. The molecule has 1 aromatic carbocycles. The third kappa shape index (κ3) is 6.21. The van der Waals surface area contributed by atoms with Gasteiger partial charge < -0.3 is 19.4 Å². The Balaban J connectivity index is 0.00000261. The van der Waals surface area contributed by atoms with Gasteiger partial charge in [-0.3, -0.25) is 0 Å². The highest BCUT2D eigenvalue weighted by molar-refractivity contribution is 14.0. The van der Waals surface area contributed by atoms with E-state index >= 15 is 0 Å². The molecule has 2 aromatic rings. The van der Waals surface area contributed by atoms with Crippen molar-refractivity contribution in [3.8, 4) is 11.5 Å². The Morgan fingerprint density at radius 1 is 1.33 bits per heavy atom. The van der Waals surface area contributed by atoms with E-state index in [1.165, 1.54) is 0 Å². The SMILES string of the molecule is CCNC(=NCc1coc(-c2ccccc2)n1)N1CCC(COCC)C1.I. The summed E-state index contributed by atoms with van der Waals surface area (Å²) in [4.78, 5) is 11.6. The molecule has 1 atom stereocenters. The van der Waals surface area contributed by atoms with Crippen molar-refractivity contribution in [2.45, 2.75) is 26.8 Å². The maximum Gasteiger partial charge on any atom is 0.226 e. The van der Waals surface area contributed by atoms with Crippen molar-refractivity contribution in [2.75, 3.05) is 32.8 Å². The molecule has 1 fully saturated rings. The third-order valence-electron chi connectivity index (χ3n) is 4.44. The van der Waals surface area contributed by atoms with E-state index < -0.39 is 0 Å². The fourth-order valence-electron chi connectivity index (χ4n) is 3.12. The number of oxazole rings is 1. The number of halogens is 1. The first-order valence-electron chi connectivity index (χ1n) is 9.41. The normalized spacial score (nSPS) is 17.0. The van der Waals surface area contributed by atoms with Crippen molar-refractivity contribution >= 4 is 29.9 Å². The molecular weight excluding hydrogens is 455 g/mol. The van der Waals surface area contributed by atoms with Crippen LogP contribution in [0.2, 0.25) is 0 Å². The van der Waals surface area contributed by atoms with Crippen LogP contribution in [0.15, 0.2) is 46.0 Å². The van der Waals surface area contributed by atoms with Crippen LogP contribution in [0.3, 0.4) is 0 Å². The third-order valence-corrected chi connectivity index (χ3v) is 4.44. The molecule has 27 heavy (non-hydrogen) atoms. The van der Waals surface area contributed by atoms with E-state index in [9.17, 15) is 0 Å². The monoisotopic (exact) mass is 484 g/mol. The van der Waals surface area contributed by atoms with Crippen LogP contribution in [-0.4, -0.2) is 48.7 Å². The Morgan fingerprint density at radius 3 is 2.89 bits per heavy atom. The van der Waals surface area contributed by atoms with E-state index in [0.29, 0.717) is 18.4 Å². The van der Waals surface area contributed by atoms with Crippen LogP contribution < -0.4 is 5.32 Å². The first-order valence-corrected chi connectivity index (χ1v) is 9.41. The van der Waals surface area contributed by atoms with Crippen LogP contribution in [0.5, 0.6) is 0 Å². The molecular formula is C20H29IN4O2. The molecule has 0 saturated carbocycles. The van der Waals surface area contributed by atoms with Crippen LogP contribution in [0.1, 0.15) is 26.0 Å². The zero-order chi connectivity index (χ0) is 18.2. The van der Waals surface area contributed by atoms with Crippen molar-refractivity contribution in [1.82, 2.24) is 15.2 Å². The Kier molecular flexibility index (Phi) is 9.06. The summed E-state index contributed by atoms with van der Waals surface area (Å²) in [6.07, 6.45) is 2.84. The molecule has 0 spiro atoms. The van der Waals surface area contributed by atoms with Gasteiger partial charge in [-0.1, -0.05) is 18.2 Å². The van der Waals surface area contributed by atoms with E-state index in [4.69, 9.17) is 14.1 Å². The average Bonchev–Trinajstić information content (AvgIpc) is 3.34. The molecule has 148 valence electrons. The number of nitrogens with one attached hydrogen (secondary N) is 1. The van der Waals surface area contributed by atoms with Crippen molar-refractivity contribution in [2.24, 2.45) is 10.9 Å². The minimum absolute atomic E-state index is 0. The van der Waals surface area contributed by atoms with Crippen LogP contribution >= 0.6 is 24.0 Å². The number of hydrogen-bond acceptors (Lipinski definition) is 4. The molecule has 1 N–H and O–H groups in total. The van der Waals surface area contributed by atoms with Crippen LogP contribution in [0, 0.1) is 5.92 Å². The Bertz CT molecular complexity index is 705. The van der Waals surface area contributed by atoms with Crippen LogP contribution in [0.25, 0.3) is 11.5 Å². The Labute approximate surface area is 178 Å². The molecule has 6 nitrogen and oxygen atoms in total. The lowest BCUT2D eigenvalue weighted by atomic mass is 10.1. The van der Waals surface area contributed by atoms with Gasteiger partial charge >= 0.3 is 0 Å². The summed E-state index contributed by atoms with van der Waals surface area (Å²) in [7, 11) is 0. The second kappa shape index (κ2) is 11.3. The van der Waals surface area contributed by atoms with E-state index in [1.807, 2.05) is 37.3 Å². The number of aliphatic imine (C=N–C) groups is 1. The smallest absolute Gasteiger partial charge is 0.226 e. The molecule has 1 saturated heterocycles. The second-order valence-electron chi connectivity index (χ2n) is 6.44. The molecule has 1 unspecified atom stereocenters. The second-order valence-corrected chi connectivity index (χ2v) is 6.44. The van der Waals surface area contributed by atoms with Gasteiger partial charge in [0.15, 0.2) is 5.96 Å². The van der Waals surface area contributed by atoms with Crippen molar-refractivity contribution in [3.63, 3.8) is 0 Å². The van der Waals surface area contributed by atoms with Crippen molar-refractivity contribution in [3.05, 3.63) is 42.3 Å². The molecule has 1 aliphatic heterocycles. The van der Waals surface area contributed by atoms with Gasteiger partial charge in [0, 0.05) is 37.7 Å². The number of guanidine groups is 1. The van der Waals surface area contributed by atoms with Gasteiger partial charge in [0.1, 0.15) is 12.0 Å². The lowest BCUT2D eigenvalue weighted by Crippen LogP contribution is -2.40. The Morgan fingerprint density at radius 2 is 2.15 bits per heavy atom. The quantitative estimate of drug-likeness (QED) is 0.368. The summed E-state index contributed by atoms with van der Waals surface area (Å²) >= 11 is 0. The summed E-state index contributed by atoms with van der Waals surface area (Å²) in [5.41, 5.74) is 1.82. The van der Waals surface area contributed by atoms with E-state index in [1.54, 1.807) is 6.26 Å². The van der Waals surface area contributed by atoms with Gasteiger partial charge in [-0.25, -0.2) is 9.98 Å². The maximum atomic E-state index is 5.60. The van der Waals surface area contributed by atoms with Gasteiger partial charge in [0.25, 0.3) is 0 Å². The van der Waals surface area contributed by atoms with Gasteiger partial charge in [0.05, 0.1) is 13.2 Å². The summed E-state index contributed by atoms with van der Waals surface area (Å²) in [5, 5.41) is 3.39. The number of ether oxygens (including phenoxy) is 1. The van der Waals surface area contributed by atoms with Gasteiger partial charge in [-0.15, -0.1) is 24.0 Å². The van der Waals surface area contributed by atoms with Gasteiger partial charge in [-0.2, -0.15) is 0 Å². The highest BCUT2D eigenvalue weighted by atomic mass is 127. The topological polar surface area (TPSA) is 62.9 Å². The number of benzene rings is 1. The number of aromatic nitrogens is 1. The molecule has 0 radical (unpaired) electrons. The lowest BCUT2D eigenvalue weighted by molar-refractivity contribution is 0.114. The van der Waals surface area contributed by atoms with Gasteiger partial charge in [0.2, 0.25) is 5.89 Å². The molecule has 3 rings (SSSR count). The highest BCUT2D eigenvalue weighted by Crippen LogP contribution is 2.19. The van der Waals surface area contributed by atoms with Crippen molar-refractivity contribution in [1.29, 1.82) is 0 Å². The summed E-state index contributed by atoms with van der Waals surface area (Å²) in [6.45, 7) is 9.09. The predicted octanol–water partition coefficient (Wildman–Crippen LogP) is 3.78. The molecule has 1 aromatic heterocycles. The van der Waals surface area contributed by atoms with E-state index in [2.05, 4.69) is 22.1 Å². The van der Waals surface area contributed by atoms with Gasteiger partial charge in [-0.05, 0) is 32.4 Å². The zero-order valence-electron chi connectivity index (χ0n) is 16.1. The summed E-state index contributed by atoms with van der Waals surface area (Å²) in [5.74, 6) is 2.16. The first-order chi connectivity index (χ1) is 12.8. The number of rotatable bonds is 7. The largest absolute Gasteiger partial charge is 0.444 e. The van der Waals surface area contributed by atoms with E-state index in [-0.39, 0.29) is 24.0 Å². The number of nitrogens with zero attached hydrogens (tertiary/aromatic N) is 3. The van der Waals surface area contributed by atoms with Crippen LogP contribution in [0.4, 0.5) is 0 Å². The first kappa shape index (κ1) is 21.7. The number of likely N-dealkylation sites (tertiary alicyclic amines) is 1. The van der Waals surface area contributed by atoms with Crippen molar-refractivity contribution < 1.29 is 9.15 Å². The fraction of sp³-hybridized carbons (Fsp3) is 0.500. The van der Waals surface area contributed by atoms with E-state index in [0.717, 1.165) is 56.5 Å². The lowest BCUT2D eigenvalue weighted by Gasteiger charge is -2.21. The maximum absolute atomic E-state index is 5.60. The molecule has 1 aliphatic rings. The summed E-state index contributed by atoms with van der Waals surface area (Å²) in [6, 6.07) is 9.92. The Hall–Kier alpha value is -1.61. The minimum Gasteiger partial charge on any atom is -0.444 e. The molecule has 0 aliphatic carbocycles. The molecule has 0 amide bonds. The molecule has 0 bridgehead atoms. The predicted molar refractivity (Wildman–Crippen MR) is 118 cm³/mol.